The molecular formula is C23H24N3O+. The highest BCUT2D eigenvalue weighted by molar-refractivity contribution is 6.10. The largest absolute Gasteiger partial charge is 0.399 e. The Morgan fingerprint density at radius 3 is 2.26 bits per heavy atom. The van der Waals surface area contributed by atoms with E-state index in [-0.39, 0.29) is 0 Å². The van der Waals surface area contributed by atoms with Crippen LogP contribution >= 0.6 is 0 Å². The van der Waals surface area contributed by atoms with Crippen molar-refractivity contribution in [1.29, 1.82) is 0 Å². The molecule has 0 aliphatic rings. The van der Waals surface area contributed by atoms with Gasteiger partial charge in [0.2, 0.25) is 11.2 Å². The van der Waals surface area contributed by atoms with Gasteiger partial charge in [0, 0.05) is 35.0 Å². The van der Waals surface area contributed by atoms with Crippen LogP contribution in [-0.4, -0.2) is 13.2 Å². The van der Waals surface area contributed by atoms with Gasteiger partial charge in [0.15, 0.2) is 6.54 Å². The summed E-state index contributed by atoms with van der Waals surface area (Å²) in [5.41, 5.74) is 17.2. The predicted octanol–water partition coefficient (Wildman–Crippen LogP) is 4.15. The molecule has 0 saturated heterocycles. The van der Waals surface area contributed by atoms with E-state index in [2.05, 4.69) is 47.0 Å². The lowest BCUT2D eigenvalue weighted by molar-refractivity contribution is -0.661. The lowest BCUT2D eigenvalue weighted by atomic mass is 9.98. The lowest BCUT2D eigenvalue weighted by Crippen LogP contribution is -2.39. The fraction of sp³-hybridized carbons (Fsp3) is 0.174. The summed E-state index contributed by atoms with van der Waals surface area (Å²) in [4.78, 5) is 0. The first-order chi connectivity index (χ1) is 13.2. The number of benzene rings is 3. The predicted molar refractivity (Wildman–Crippen MR) is 112 cm³/mol. The van der Waals surface area contributed by atoms with E-state index in [4.69, 9.17) is 16.2 Å². The van der Waals surface area contributed by atoms with Gasteiger partial charge < -0.3 is 16.2 Å². The van der Waals surface area contributed by atoms with Crippen LogP contribution in [-0.2, 0) is 11.3 Å². The van der Waals surface area contributed by atoms with Gasteiger partial charge in [0.1, 0.15) is 6.61 Å². The Hall–Kier alpha value is -3.11. The molecular weight excluding hydrogens is 334 g/mol. The van der Waals surface area contributed by atoms with Crippen molar-refractivity contribution in [3.8, 4) is 11.3 Å². The van der Waals surface area contributed by atoms with E-state index in [1.165, 1.54) is 5.39 Å². The Labute approximate surface area is 159 Å². The molecule has 0 spiro atoms. The Balaban J connectivity index is 2.13. The third-order valence-electron chi connectivity index (χ3n) is 4.88. The third-order valence-corrected chi connectivity index (χ3v) is 4.88. The molecule has 4 heteroatoms. The zero-order chi connectivity index (χ0) is 18.8. The van der Waals surface area contributed by atoms with E-state index in [0.29, 0.717) is 13.2 Å². The molecule has 136 valence electrons. The Morgan fingerprint density at radius 1 is 0.815 bits per heavy atom. The average Bonchev–Trinajstić information content (AvgIpc) is 2.68. The summed E-state index contributed by atoms with van der Waals surface area (Å²) in [5.74, 6) is 0. The van der Waals surface area contributed by atoms with Gasteiger partial charge in [0.05, 0.1) is 10.8 Å². The zero-order valence-corrected chi connectivity index (χ0v) is 15.5. The van der Waals surface area contributed by atoms with Gasteiger partial charge in [-0.05, 0) is 43.3 Å². The number of ether oxygens (including phenoxy) is 1. The number of hydrogen-bond donors (Lipinski definition) is 2. The van der Waals surface area contributed by atoms with E-state index >= 15 is 0 Å². The Kier molecular flexibility index (Phi) is 4.65. The minimum absolute atomic E-state index is 0.638. The van der Waals surface area contributed by atoms with Crippen LogP contribution in [0.1, 0.15) is 6.92 Å². The second-order valence-electron chi connectivity index (χ2n) is 6.64. The maximum atomic E-state index is 6.16. The highest BCUT2D eigenvalue weighted by Gasteiger charge is 2.23. The molecule has 0 aliphatic heterocycles. The van der Waals surface area contributed by atoms with Gasteiger partial charge >= 0.3 is 0 Å². The highest BCUT2D eigenvalue weighted by Crippen LogP contribution is 2.33. The average molecular weight is 358 g/mol. The second kappa shape index (κ2) is 7.25. The molecule has 0 fully saturated rings. The molecule has 0 unspecified atom stereocenters. The standard InChI is InChI=1S/C23H23N3O/c1-2-27-13-12-26-22-15-18(25)9-11-20(22)19-10-8-17(24)14-21(19)23(26)16-6-4-3-5-7-16/h3-11,14-15,25H,2,12-13,24H2,1H3/p+1. The van der Waals surface area contributed by atoms with Gasteiger partial charge in [0.25, 0.3) is 0 Å². The molecule has 0 saturated carbocycles. The molecule has 0 bridgehead atoms. The minimum atomic E-state index is 0.638. The molecule has 4 rings (SSSR count). The summed E-state index contributed by atoms with van der Waals surface area (Å²) >= 11 is 0. The van der Waals surface area contributed by atoms with E-state index in [1.54, 1.807) is 0 Å². The molecule has 1 heterocycles. The maximum Gasteiger partial charge on any atom is 0.221 e. The molecule has 27 heavy (non-hydrogen) atoms. The van der Waals surface area contributed by atoms with Crippen LogP contribution < -0.4 is 16.0 Å². The summed E-state index contributed by atoms with van der Waals surface area (Å²) in [6.07, 6.45) is 0. The van der Waals surface area contributed by atoms with Crippen molar-refractivity contribution in [3.05, 3.63) is 66.7 Å². The smallest absolute Gasteiger partial charge is 0.221 e. The van der Waals surface area contributed by atoms with Crippen molar-refractivity contribution in [1.82, 2.24) is 0 Å². The third kappa shape index (κ3) is 3.20. The van der Waals surface area contributed by atoms with E-state index < -0.39 is 0 Å². The number of nitrogen functional groups attached to an aromatic ring is 2. The van der Waals surface area contributed by atoms with Crippen LogP contribution in [0.5, 0.6) is 0 Å². The topological polar surface area (TPSA) is 65.1 Å². The summed E-state index contributed by atoms with van der Waals surface area (Å²) in [6, 6.07) is 22.6. The molecule has 0 atom stereocenters. The summed E-state index contributed by atoms with van der Waals surface area (Å²) in [5, 5.41) is 3.47. The van der Waals surface area contributed by atoms with Crippen molar-refractivity contribution in [2.24, 2.45) is 0 Å². The van der Waals surface area contributed by atoms with E-state index in [9.17, 15) is 0 Å². The Morgan fingerprint density at radius 2 is 1.52 bits per heavy atom. The van der Waals surface area contributed by atoms with Gasteiger partial charge in [-0.25, -0.2) is 0 Å². The van der Waals surface area contributed by atoms with Crippen LogP contribution in [0.3, 0.4) is 0 Å². The van der Waals surface area contributed by atoms with Crippen molar-refractivity contribution >= 4 is 33.1 Å². The fourth-order valence-electron chi connectivity index (χ4n) is 3.70. The fourth-order valence-corrected chi connectivity index (χ4v) is 3.70. The molecule has 3 aromatic carbocycles. The van der Waals surface area contributed by atoms with Gasteiger partial charge in [-0.3, -0.25) is 0 Å². The van der Waals surface area contributed by atoms with Crippen molar-refractivity contribution < 1.29 is 9.30 Å². The normalized spacial score (nSPS) is 11.3. The zero-order valence-electron chi connectivity index (χ0n) is 15.5. The summed E-state index contributed by atoms with van der Waals surface area (Å²) in [6.45, 7) is 4.09. The number of anilines is 2. The molecule has 4 N–H and O–H groups in total. The number of pyridine rings is 1. The number of nitrogens with zero attached hydrogens (tertiary/aromatic N) is 1. The number of hydrogen-bond acceptors (Lipinski definition) is 3. The van der Waals surface area contributed by atoms with E-state index in [1.807, 2.05) is 31.2 Å². The second-order valence-corrected chi connectivity index (χ2v) is 6.64. The Bertz CT molecular complexity index is 1110. The maximum absolute atomic E-state index is 6.16. The first-order valence-electron chi connectivity index (χ1n) is 9.26. The monoisotopic (exact) mass is 358 g/mol. The molecule has 0 amide bonds. The molecule has 4 nitrogen and oxygen atoms in total. The first kappa shape index (κ1) is 17.3. The first-order valence-corrected chi connectivity index (χ1v) is 9.26. The quantitative estimate of drug-likeness (QED) is 0.244. The summed E-state index contributed by atoms with van der Waals surface area (Å²) in [7, 11) is 0. The van der Waals surface area contributed by atoms with Crippen molar-refractivity contribution in [2.75, 3.05) is 24.7 Å². The minimum Gasteiger partial charge on any atom is -0.399 e. The van der Waals surface area contributed by atoms with Gasteiger partial charge in [-0.1, -0.05) is 24.3 Å². The molecule has 0 radical (unpaired) electrons. The van der Waals surface area contributed by atoms with Crippen LogP contribution in [0.2, 0.25) is 0 Å². The van der Waals surface area contributed by atoms with Gasteiger partial charge in [-0.15, -0.1) is 0 Å². The van der Waals surface area contributed by atoms with Crippen LogP contribution in [0.25, 0.3) is 32.9 Å². The van der Waals surface area contributed by atoms with Crippen LogP contribution in [0, 0.1) is 0 Å². The summed E-state index contributed by atoms with van der Waals surface area (Å²) < 4.78 is 7.97. The SMILES string of the molecule is CCOCC[n+]1c(-c2ccccc2)c2cc(N)ccc2c2ccc(N)cc21. The molecule has 4 aromatic rings. The number of nitrogens with two attached hydrogens (primary N) is 2. The van der Waals surface area contributed by atoms with Gasteiger partial charge in [-0.2, -0.15) is 4.57 Å². The van der Waals surface area contributed by atoms with Crippen molar-refractivity contribution in [3.63, 3.8) is 0 Å². The highest BCUT2D eigenvalue weighted by atomic mass is 16.5. The van der Waals surface area contributed by atoms with Crippen LogP contribution in [0.4, 0.5) is 11.4 Å². The number of rotatable bonds is 5. The molecule has 0 aliphatic carbocycles. The van der Waals surface area contributed by atoms with E-state index in [0.717, 1.165) is 45.5 Å². The molecule has 1 aromatic heterocycles. The van der Waals surface area contributed by atoms with Crippen LogP contribution in [0.15, 0.2) is 66.7 Å². The lowest BCUT2D eigenvalue weighted by Gasteiger charge is -2.13. The number of fused-ring (bicyclic) bond motifs is 3. The van der Waals surface area contributed by atoms with Crippen molar-refractivity contribution in [2.45, 2.75) is 13.5 Å². The number of aromatic nitrogens is 1.